The summed E-state index contributed by atoms with van der Waals surface area (Å²) in [5.41, 5.74) is 1.52. The standard InChI is InChI=1S/C18H16N4OS/c23-18(21-12-6-7-12)14-10-17(22-15-5-2-1-4-13(14)15)24-11-16-19-8-3-9-20-16/h1-5,8-10,12H,6-7,11H2,(H,21,23). The van der Waals surface area contributed by atoms with Crippen LogP contribution in [-0.4, -0.2) is 26.9 Å². The molecule has 2 aromatic heterocycles. The maximum absolute atomic E-state index is 12.6. The van der Waals surface area contributed by atoms with Crippen LogP contribution in [-0.2, 0) is 5.75 Å². The quantitative estimate of drug-likeness (QED) is 0.725. The lowest BCUT2D eigenvalue weighted by atomic mass is 10.1. The van der Waals surface area contributed by atoms with Crippen LogP contribution in [0.25, 0.3) is 10.9 Å². The molecule has 0 atom stereocenters. The largest absolute Gasteiger partial charge is 0.349 e. The molecule has 0 aliphatic heterocycles. The number of thioether (sulfide) groups is 1. The molecule has 1 aromatic carbocycles. The van der Waals surface area contributed by atoms with Crippen molar-refractivity contribution in [3.8, 4) is 0 Å². The molecular weight excluding hydrogens is 320 g/mol. The van der Waals surface area contributed by atoms with Crippen molar-refractivity contribution in [3.63, 3.8) is 0 Å². The van der Waals surface area contributed by atoms with Gasteiger partial charge in [0.25, 0.3) is 5.91 Å². The average molecular weight is 336 g/mol. The van der Waals surface area contributed by atoms with Crippen LogP contribution in [0, 0.1) is 0 Å². The number of hydrogen-bond acceptors (Lipinski definition) is 5. The number of benzene rings is 1. The van der Waals surface area contributed by atoms with E-state index < -0.39 is 0 Å². The van der Waals surface area contributed by atoms with Gasteiger partial charge in [-0.05, 0) is 31.0 Å². The highest BCUT2D eigenvalue weighted by atomic mass is 32.2. The summed E-state index contributed by atoms with van der Waals surface area (Å²) in [7, 11) is 0. The minimum Gasteiger partial charge on any atom is -0.349 e. The molecule has 0 bridgehead atoms. The number of pyridine rings is 1. The van der Waals surface area contributed by atoms with Gasteiger partial charge in [0.05, 0.1) is 21.9 Å². The maximum atomic E-state index is 12.6. The zero-order valence-corrected chi connectivity index (χ0v) is 13.8. The molecule has 0 radical (unpaired) electrons. The second-order valence-electron chi connectivity index (χ2n) is 5.73. The van der Waals surface area contributed by atoms with Crippen LogP contribution in [0.4, 0.5) is 0 Å². The van der Waals surface area contributed by atoms with E-state index in [-0.39, 0.29) is 5.91 Å². The number of para-hydroxylation sites is 1. The predicted molar refractivity (Wildman–Crippen MR) is 93.8 cm³/mol. The molecular formula is C18H16N4OS. The number of fused-ring (bicyclic) bond motifs is 1. The summed E-state index contributed by atoms with van der Waals surface area (Å²) in [6, 6.07) is 11.7. The van der Waals surface area contributed by atoms with E-state index in [1.165, 1.54) is 11.8 Å². The van der Waals surface area contributed by atoms with Crippen molar-refractivity contribution in [1.29, 1.82) is 0 Å². The third-order valence-electron chi connectivity index (χ3n) is 3.82. The summed E-state index contributed by atoms with van der Waals surface area (Å²) in [6.07, 6.45) is 5.60. The van der Waals surface area contributed by atoms with Crippen molar-refractivity contribution in [3.05, 3.63) is 60.2 Å². The van der Waals surface area contributed by atoms with Gasteiger partial charge in [-0.15, -0.1) is 0 Å². The van der Waals surface area contributed by atoms with Gasteiger partial charge in [-0.3, -0.25) is 4.79 Å². The Morgan fingerprint density at radius 3 is 2.75 bits per heavy atom. The van der Waals surface area contributed by atoms with Gasteiger partial charge in [0.1, 0.15) is 5.82 Å². The molecule has 0 saturated heterocycles. The van der Waals surface area contributed by atoms with E-state index in [0.717, 1.165) is 34.6 Å². The van der Waals surface area contributed by atoms with Crippen molar-refractivity contribution >= 4 is 28.6 Å². The first-order valence-corrected chi connectivity index (χ1v) is 8.87. The minimum absolute atomic E-state index is 0.0195. The summed E-state index contributed by atoms with van der Waals surface area (Å²) in [6.45, 7) is 0. The Morgan fingerprint density at radius 2 is 1.96 bits per heavy atom. The number of carbonyl (C=O) groups excluding carboxylic acids is 1. The minimum atomic E-state index is -0.0195. The number of nitrogens with zero attached hydrogens (tertiary/aromatic N) is 3. The van der Waals surface area contributed by atoms with E-state index in [2.05, 4.69) is 20.3 Å². The number of aromatic nitrogens is 3. The van der Waals surface area contributed by atoms with Gasteiger partial charge < -0.3 is 5.32 Å². The molecule has 1 aliphatic carbocycles. The van der Waals surface area contributed by atoms with E-state index in [1.807, 2.05) is 30.3 Å². The SMILES string of the molecule is O=C(NC1CC1)c1cc(SCc2ncccn2)nc2ccccc12. The zero-order valence-electron chi connectivity index (χ0n) is 13.0. The van der Waals surface area contributed by atoms with Crippen LogP contribution >= 0.6 is 11.8 Å². The fourth-order valence-electron chi connectivity index (χ4n) is 2.45. The molecule has 1 fully saturated rings. The molecule has 1 aliphatic rings. The van der Waals surface area contributed by atoms with Crippen molar-refractivity contribution in [1.82, 2.24) is 20.3 Å². The van der Waals surface area contributed by atoms with Crippen molar-refractivity contribution < 1.29 is 4.79 Å². The summed E-state index contributed by atoms with van der Waals surface area (Å²) in [5.74, 6) is 1.35. The van der Waals surface area contributed by atoms with E-state index in [4.69, 9.17) is 0 Å². The summed E-state index contributed by atoms with van der Waals surface area (Å²) in [4.78, 5) is 25.7. The smallest absolute Gasteiger partial charge is 0.252 e. The number of hydrogen-bond donors (Lipinski definition) is 1. The van der Waals surface area contributed by atoms with E-state index in [0.29, 0.717) is 17.4 Å². The van der Waals surface area contributed by atoms with E-state index >= 15 is 0 Å². The molecule has 0 spiro atoms. The van der Waals surface area contributed by atoms with Gasteiger partial charge in [-0.2, -0.15) is 0 Å². The van der Waals surface area contributed by atoms with Gasteiger partial charge in [-0.25, -0.2) is 15.0 Å². The molecule has 1 N–H and O–H groups in total. The summed E-state index contributed by atoms with van der Waals surface area (Å²) < 4.78 is 0. The van der Waals surface area contributed by atoms with Crippen LogP contribution in [0.3, 0.4) is 0 Å². The molecule has 5 nitrogen and oxygen atoms in total. The Labute approximate surface area is 143 Å². The second kappa shape index (κ2) is 6.57. The number of amides is 1. The first kappa shape index (κ1) is 15.1. The first-order chi connectivity index (χ1) is 11.8. The number of nitrogens with one attached hydrogen (secondary N) is 1. The van der Waals surface area contributed by atoms with Gasteiger partial charge >= 0.3 is 0 Å². The highest BCUT2D eigenvalue weighted by Crippen LogP contribution is 2.27. The molecule has 1 saturated carbocycles. The molecule has 3 aromatic rings. The summed E-state index contributed by atoms with van der Waals surface area (Å²) >= 11 is 1.54. The van der Waals surface area contributed by atoms with Crippen LogP contribution in [0.5, 0.6) is 0 Å². The lowest BCUT2D eigenvalue weighted by Gasteiger charge is -2.09. The third-order valence-corrected chi connectivity index (χ3v) is 4.73. The zero-order chi connectivity index (χ0) is 16.4. The topological polar surface area (TPSA) is 67.8 Å². The Hall–Kier alpha value is -2.47. The summed E-state index contributed by atoms with van der Waals surface area (Å²) in [5, 5.41) is 4.76. The normalized spacial score (nSPS) is 13.8. The lowest BCUT2D eigenvalue weighted by Crippen LogP contribution is -2.25. The molecule has 120 valence electrons. The fourth-order valence-corrected chi connectivity index (χ4v) is 3.24. The Kier molecular flexibility index (Phi) is 4.13. The van der Waals surface area contributed by atoms with E-state index in [9.17, 15) is 4.79 Å². The van der Waals surface area contributed by atoms with Crippen LogP contribution < -0.4 is 5.32 Å². The van der Waals surface area contributed by atoms with Crippen molar-refractivity contribution in [2.45, 2.75) is 29.7 Å². The van der Waals surface area contributed by atoms with Crippen LogP contribution in [0.15, 0.2) is 53.8 Å². The lowest BCUT2D eigenvalue weighted by molar-refractivity contribution is 0.0952. The van der Waals surface area contributed by atoms with Crippen LogP contribution in [0.1, 0.15) is 29.0 Å². The Balaban J connectivity index is 1.64. The molecule has 2 heterocycles. The predicted octanol–water partition coefficient (Wildman–Crippen LogP) is 3.21. The van der Waals surface area contributed by atoms with Gasteiger partial charge in [-0.1, -0.05) is 30.0 Å². The van der Waals surface area contributed by atoms with Gasteiger partial charge in [0, 0.05) is 23.8 Å². The molecule has 6 heteroatoms. The number of carbonyl (C=O) groups is 1. The average Bonchev–Trinajstić information content (AvgIpc) is 3.44. The molecule has 24 heavy (non-hydrogen) atoms. The van der Waals surface area contributed by atoms with Crippen molar-refractivity contribution in [2.24, 2.45) is 0 Å². The van der Waals surface area contributed by atoms with E-state index in [1.54, 1.807) is 18.5 Å². The van der Waals surface area contributed by atoms with Gasteiger partial charge in [0.2, 0.25) is 0 Å². The van der Waals surface area contributed by atoms with Crippen molar-refractivity contribution in [2.75, 3.05) is 0 Å². The highest BCUT2D eigenvalue weighted by molar-refractivity contribution is 7.98. The highest BCUT2D eigenvalue weighted by Gasteiger charge is 2.25. The maximum Gasteiger partial charge on any atom is 0.252 e. The third kappa shape index (κ3) is 3.38. The Morgan fingerprint density at radius 1 is 1.17 bits per heavy atom. The number of rotatable bonds is 5. The van der Waals surface area contributed by atoms with Crippen LogP contribution in [0.2, 0.25) is 0 Å². The Bertz CT molecular complexity index is 881. The monoisotopic (exact) mass is 336 g/mol. The molecule has 1 amide bonds. The second-order valence-corrected chi connectivity index (χ2v) is 6.72. The first-order valence-electron chi connectivity index (χ1n) is 7.89. The molecule has 0 unspecified atom stereocenters. The van der Waals surface area contributed by atoms with Gasteiger partial charge in [0.15, 0.2) is 0 Å². The fraction of sp³-hybridized carbons (Fsp3) is 0.222. The molecule has 4 rings (SSSR count).